The summed E-state index contributed by atoms with van der Waals surface area (Å²) in [4.78, 5) is 0. The Morgan fingerprint density at radius 2 is 0.951 bits per heavy atom. The second-order valence-electron chi connectivity index (χ2n) is 19.5. The van der Waals surface area contributed by atoms with Crippen LogP contribution in [0.3, 0.4) is 0 Å². The molecule has 0 amide bonds. The molecule has 5 heteroatoms. The van der Waals surface area contributed by atoms with Gasteiger partial charge >= 0.3 is 0 Å². The smallest absolute Gasteiger partial charge is 0.143 e. The molecule has 1 aliphatic carbocycles. The summed E-state index contributed by atoms with van der Waals surface area (Å²) >= 11 is 1.99. The van der Waals surface area contributed by atoms with Crippen LogP contribution in [0.15, 0.2) is 133 Å². The molecule has 1 saturated carbocycles. The second-order valence-corrected chi connectivity index (χ2v) is 20.8. The highest BCUT2D eigenvalue weighted by Crippen LogP contribution is 2.45. The average molecular weight is 825 g/mol. The first kappa shape index (κ1) is 41.0. The van der Waals surface area contributed by atoms with Crippen LogP contribution in [0, 0.1) is 5.92 Å². The van der Waals surface area contributed by atoms with Crippen molar-refractivity contribution in [1.82, 2.24) is 9.13 Å². The van der Waals surface area contributed by atoms with Gasteiger partial charge in [-0.25, -0.2) is 0 Å². The van der Waals surface area contributed by atoms with Gasteiger partial charge in [0, 0.05) is 43.7 Å². The fourth-order valence-electron chi connectivity index (χ4n) is 9.86. The van der Waals surface area contributed by atoms with Gasteiger partial charge in [0.15, 0.2) is 0 Å². The number of rotatable bonds is 8. The number of para-hydroxylation sites is 4. The van der Waals surface area contributed by atoms with Gasteiger partial charge in [-0.05, 0) is 83.5 Å². The van der Waals surface area contributed by atoms with Crippen molar-refractivity contribution in [2.75, 3.05) is 0 Å². The number of allylic oxidation sites excluding steroid dienone is 1. The lowest BCUT2D eigenvalue weighted by molar-refractivity contribution is 0.423. The van der Waals surface area contributed by atoms with E-state index < -0.39 is 0 Å². The molecule has 1 fully saturated rings. The SMILES string of the molecule is C=C(Cc1cc(C(C)(C)C)cc(-n2c3ccccc3c3ccccc32)c1O)C1CCCCCC[C@@H]1SCc1cc(C(C)(C)C)cc(-n2c3ccccc3c3ccccc32)c1O. The zero-order valence-corrected chi connectivity index (χ0v) is 37.6. The lowest BCUT2D eigenvalue weighted by Crippen LogP contribution is -2.23. The maximum atomic E-state index is 12.4. The first-order chi connectivity index (χ1) is 29.3. The summed E-state index contributed by atoms with van der Waals surface area (Å²) in [7, 11) is 0. The molecule has 0 bridgehead atoms. The molecule has 312 valence electrons. The summed E-state index contributed by atoms with van der Waals surface area (Å²) in [5.74, 6) is 1.67. The van der Waals surface area contributed by atoms with Crippen molar-refractivity contribution in [1.29, 1.82) is 0 Å². The van der Waals surface area contributed by atoms with Gasteiger partial charge in [-0.2, -0.15) is 11.8 Å². The van der Waals surface area contributed by atoms with E-state index in [9.17, 15) is 10.2 Å². The number of phenolic OH excluding ortho intramolecular Hbond substituents is 2. The molecular weight excluding hydrogens is 765 g/mol. The van der Waals surface area contributed by atoms with Gasteiger partial charge in [0.25, 0.3) is 0 Å². The number of thioether (sulfide) groups is 1. The standard InChI is InChI=1S/C56H60N2O2S/c1-36(30-37-31-39(55(2,3)4)33-50(53(37)59)57-46-25-16-12-21-42(46)43-22-13-17-26-47(43)57)41-20-10-8-9-11-29-52(41)61-35-38-32-40(56(5,6)7)34-51(54(38)60)58-48-27-18-14-23-44(48)45-24-15-19-28-49(45)58/h12-19,21-28,31-34,41,52,59-60H,1,8-11,20,29-30,35H2,2-7H3/t41?,52-/m0/s1. The van der Waals surface area contributed by atoms with Crippen molar-refractivity contribution >= 4 is 55.4 Å². The summed E-state index contributed by atoms with van der Waals surface area (Å²) in [5.41, 5.74) is 11.3. The van der Waals surface area contributed by atoms with Gasteiger partial charge in [-0.3, -0.25) is 0 Å². The van der Waals surface area contributed by atoms with Crippen LogP contribution in [0.5, 0.6) is 11.5 Å². The molecule has 0 aliphatic heterocycles. The van der Waals surface area contributed by atoms with Gasteiger partial charge in [0.2, 0.25) is 0 Å². The Kier molecular flexibility index (Phi) is 10.8. The van der Waals surface area contributed by atoms with Crippen LogP contribution < -0.4 is 0 Å². The first-order valence-corrected chi connectivity index (χ1v) is 23.3. The number of aromatic nitrogens is 2. The summed E-state index contributed by atoms with van der Waals surface area (Å²) in [6, 6.07) is 43.0. The maximum absolute atomic E-state index is 12.4. The normalized spacial score (nSPS) is 16.7. The van der Waals surface area contributed by atoms with E-state index in [2.05, 4.69) is 172 Å². The summed E-state index contributed by atoms with van der Waals surface area (Å²) in [6.45, 7) is 18.4. The number of hydrogen-bond acceptors (Lipinski definition) is 3. The Morgan fingerprint density at radius 3 is 1.39 bits per heavy atom. The molecule has 2 heterocycles. The van der Waals surface area contributed by atoms with Gasteiger partial charge in [-0.1, -0.05) is 164 Å². The fraction of sp³-hybridized carbons (Fsp3) is 0.321. The van der Waals surface area contributed by atoms with Crippen molar-refractivity contribution in [3.63, 3.8) is 0 Å². The molecule has 8 aromatic rings. The summed E-state index contributed by atoms with van der Waals surface area (Å²) in [5, 5.41) is 29.8. The van der Waals surface area contributed by atoms with Crippen molar-refractivity contribution < 1.29 is 10.2 Å². The molecule has 2 atom stereocenters. The van der Waals surface area contributed by atoms with Crippen molar-refractivity contribution in [3.8, 4) is 22.9 Å². The minimum absolute atomic E-state index is 0.112. The van der Waals surface area contributed by atoms with Gasteiger partial charge < -0.3 is 19.3 Å². The monoisotopic (exact) mass is 824 g/mol. The number of fused-ring (bicyclic) bond motifs is 6. The molecule has 0 radical (unpaired) electrons. The van der Waals surface area contributed by atoms with E-state index in [0.29, 0.717) is 28.9 Å². The molecule has 9 rings (SSSR count). The second kappa shape index (κ2) is 16.1. The number of aromatic hydroxyl groups is 2. The number of hydrogen-bond donors (Lipinski definition) is 2. The lowest BCUT2D eigenvalue weighted by Gasteiger charge is -2.32. The molecule has 0 spiro atoms. The van der Waals surface area contributed by atoms with E-state index in [1.165, 1.54) is 63.9 Å². The van der Waals surface area contributed by atoms with E-state index in [-0.39, 0.29) is 16.7 Å². The van der Waals surface area contributed by atoms with E-state index in [1.807, 2.05) is 11.8 Å². The van der Waals surface area contributed by atoms with Crippen LogP contribution in [0.25, 0.3) is 55.0 Å². The fourth-order valence-corrected chi connectivity index (χ4v) is 11.4. The van der Waals surface area contributed by atoms with E-state index in [0.717, 1.165) is 57.4 Å². The minimum Gasteiger partial charge on any atom is -0.505 e. The van der Waals surface area contributed by atoms with E-state index in [1.54, 1.807) is 0 Å². The minimum atomic E-state index is -0.127. The van der Waals surface area contributed by atoms with Crippen molar-refractivity contribution in [2.24, 2.45) is 5.92 Å². The van der Waals surface area contributed by atoms with Crippen LogP contribution in [0.1, 0.15) is 102 Å². The van der Waals surface area contributed by atoms with Crippen molar-refractivity contribution in [2.45, 2.75) is 108 Å². The van der Waals surface area contributed by atoms with Crippen LogP contribution in [0.2, 0.25) is 0 Å². The van der Waals surface area contributed by atoms with Gasteiger partial charge in [-0.15, -0.1) is 0 Å². The summed E-state index contributed by atoms with van der Waals surface area (Å²) < 4.78 is 4.51. The van der Waals surface area contributed by atoms with E-state index >= 15 is 0 Å². The maximum Gasteiger partial charge on any atom is 0.143 e. The Bertz CT molecular complexity index is 2830. The molecular formula is C56H60N2O2S. The largest absolute Gasteiger partial charge is 0.505 e. The third kappa shape index (κ3) is 7.64. The number of phenols is 2. The Labute approximate surface area is 365 Å². The highest BCUT2D eigenvalue weighted by molar-refractivity contribution is 7.99. The predicted molar refractivity (Wildman–Crippen MR) is 261 cm³/mol. The van der Waals surface area contributed by atoms with Crippen LogP contribution >= 0.6 is 11.8 Å². The zero-order chi connectivity index (χ0) is 42.6. The van der Waals surface area contributed by atoms with E-state index in [4.69, 9.17) is 6.58 Å². The average Bonchev–Trinajstić information content (AvgIpc) is 3.74. The molecule has 6 aromatic carbocycles. The quantitative estimate of drug-likeness (QED) is 0.150. The third-order valence-corrected chi connectivity index (χ3v) is 14.8. The van der Waals surface area contributed by atoms with Crippen molar-refractivity contribution in [3.05, 3.63) is 156 Å². The molecule has 4 nitrogen and oxygen atoms in total. The summed E-state index contributed by atoms with van der Waals surface area (Å²) in [6.07, 6.45) is 7.64. The predicted octanol–water partition coefficient (Wildman–Crippen LogP) is 15.3. The molecule has 2 N–H and O–H groups in total. The molecule has 0 saturated heterocycles. The Morgan fingerprint density at radius 1 is 0.557 bits per heavy atom. The molecule has 2 aromatic heterocycles. The Hall–Kier alpha value is -5.39. The number of nitrogens with zero attached hydrogens (tertiary/aromatic N) is 2. The third-order valence-electron chi connectivity index (χ3n) is 13.3. The Balaban J connectivity index is 1.08. The highest BCUT2D eigenvalue weighted by atomic mass is 32.2. The number of benzene rings is 6. The zero-order valence-electron chi connectivity index (χ0n) is 36.8. The highest BCUT2D eigenvalue weighted by Gasteiger charge is 2.30. The molecule has 61 heavy (non-hydrogen) atoms. The first-order valence-electron chi connectivity index (χ1n) is 22.3. The molecule has 1 aliphatic rings. The molecule has 1 unspecified atom stereocenters. The van der Waals surface area contributed by atoms with Gasteiger partial charge in [0.1, 0.15) is 11.5 Å². The van der Waals surface area contributed by atoms with Crippen LogP contribution in [-0.2, 0) is 23.0 Å². The van der Waals surface area contributed by atoms with Gasteiger partial charge in [0.05, 0.1) is 33.4 Å². The lowest BCUT2D eigenvalue weighted by atomic mass is 9.81. The van der Waals surface area contributed by atoms with Crippen LogP contribution in [0.4, 0.5) is 0 Å². The van der Waals surface area contributed by atoms with Crippen LogP contribution in [-0.4, -0.2) is 24.6 Å². The topological polar surface area (TPSA) is 50.3 Å².